The van der Waals surface area contributed by atoms with E-state index in [0.717, 1.165) is 15.9 Å². The Hall–Kier alpha value is -0.620. The van der Waals surface area contributed by atoms with E-state index in [1.165, 1.54) is 11.3 Å². The minimum absolute atomic E-state index is 0.0592. The van der Waals surface area contributed by atoms with E-state index in [9.17, 15) is 9.18 Å². The van der Waals surface area contributed by atoms with Crippen LogP contribution in [0.2, 0.25) is 10.0 Å². The van der Waals surface area contributed by atoms with E-state index < -0.39 is 5.82 Å². The van der Waals surface area contributed by atoms with Gasteiger partial charge in [-0.1, -0.05) is 23.2 Å². The summed E-state index contributed by atoms with van der Waals surface area (Å²) in [6.07, 6.45) is 0. The van der Waals surface area contributed by atoms with Crippen molar-refractivity contribution < 1.29 is 9.18 Å². The highest BCUT2D eigenvalue weighted by Gasteiger charge is 2.14. The van der Waals surface area contributed by atoms with Crippen molar-refractivity contribution >= 4 is 62.1 Å². The third kappa shape index (κ3) is 3.03. The summed E-state index contributed by atoms with van der Waals surface area (Å²) >= 11 is 16.2. The first-order valence-electron chi connectivity index (χ1n) is 4.68. The number of anilines is 1. The number of amides is 1. The van der Waals surface area contributed by atoms with Crippen LogP contribution in [-0.2, 0) is 0 Å². The minimum Gasteiger partial charge on any atom is -0.319 e. The first-order valence-corrected chi connectivity index (χ1v) is 7.05. The Kier molecular flexibility index (Phi) is 4.27. The number of hydrogen-bond acceptors (Lipinski definition) is 2. The number of nitrogens with one attached hydrogen (secondary N) is 1. The molecule has 0 aliphatic heterocycles. The van der Waals surface area contributed by atoms with E-state index >= 15 is 0 Å². The molecule has 2 nitrogen and oxygen atoms in total. The number of halogens is 4. The van der Waals surface area contributed by atoms with E-state index in [4.69, 9.17) is 23.2 Å². The highest BCUT2D eigenvalue weighted by Crippen LogP contribution is 2.32. The van der Waals surface area contributed by atoms with Gasteiger partial charge in [-0.05, 0) is 40.2 Å². The SMILES string of the molecule is O=C(Nc1c(Cl)cc(F)cc1Cl)c1ccc(Br)s1. The fourth-order valence-corrected chi connectivity index (χ4v) is 3.11. The van der Waals surface area contributed by atoms with Crippen molar-refractivity contribution in [3.8, 4) is 0 Å². The second kappa shape index (κ2) is 5.57. The van der Waals surface area contributed by atoms with Gasteiger partial charge in [0.05, 0.1) is 24.4 Å². The van der Waals surface area contributed by atoms with Gasteiger partial charge in [-0.3, -0.25) is 4.79 Å². The average Bonchev–Trinajstić information content (AvgIpc) is 2.70. The smallest absolute Gasteiger partial charge is 0.265 e. The number of thiophene rings is 1. The van der Waals surface area contributed by atoms with Gasteiger partial charge in [0.1, 0.15) is 5.82 Å². The van der Waals surface area contributed by atoms with Gasteiger partial charge in [0.15, 0.2) is 0 Å². The lowest BCUT2D eigenvalue weighted by Gasteiger charge is -2.08. The lowest BCUT2D eigenvalue weighted by atomic mass is 10.3. The zero-order chi connectivity index (χ0) is 13.3. The van der Waals surface area contributed by atoms with Gasteiger partial charge in [0, 0.05) is 0 Å². The van der Waals surface area contributed by atoms with Gasteiger partial charge in [0.25, 0.3) is 5.91 Å². The highest BCUT2D eigenvalue weighted by atomic mass is 79.9. The van der Waals surface area contributed by atoms with Crippen molar-refractivity contribution in [2.45, 2.75) is 0 Å². The standard InChI is InChI=1S/C11H5BrCl2FNOS/c12-9-2-1-8(18-9)11(17)16-10-6(13)3-5(15)4-7(10)14/h1-4H,(H,16,17). The molecule has 0 unspecified atom stereocenters. The van der Waals surface area contributed by atoms with Crippen molar-refractivity contribution in [1.29, 1.82) is 0 Å². The van der Waals surface area contributed by atoms with E-state index in [1.807, 2.05) is 0 Å². The predicted octanol–water partition coefficient (Wildman–Crippen LogP) is 5.21. The third-order valence-corrected chi connectivity index (χ3v) is 4.26. The zero-order valence-electron chi connectivity index (χ0n) is 8.64. The number of carbonyl (C=O) groups is 1. The molecule has 0 radical (unpaired) electrons. The molecular weight excluding hydrogens is 364 g/mol. The van der Waals surface area contributed by atoms with Crippen LogP contribution < -0.4 is 5.32 Å². The van der Waals surface area contributed by atoms with Crippen LogP contribution in [0, 0.1) is 5.82 Å². The topological polar surface area (TPSA) is 29.1 Å². The molecule has 0 aliphatic carbocycles. The number of hydrogen-bond donors (Lipinski definition) is 1. The molecule has 0 spiro atoms. The van der Waals surface area contributed by atoms with Crippen LogP contribution in [0.15, 0.2) is 28.1 Å². The second-order valence-corrected chi connectivity index (χ2v) is 6.58. The molecule has 2 rings (SSSR count). The Labute approximate surface area is 125 Å². The van der Waals surface area contributed by atoms with E-state index in [0.29, 0.717) is 4.88 Å². The Morgan fingerprint density at radius 1 is 1.28 bits per heavy atom. The normalized spacial score (nSPS) is 10.4. The predicted molar refractivity (Wildman–Crippen MR) is 76.4 cm³/mol. The maximum Gasteiger partial charge on any atom is 0.265 e. The molecule has 1 heterocycles. The summed E-state index contributed by atoms with van der Waals surface area (Å²) < 4.78 is 13.8. The molecule has 0 aliphatic rings. The van der Waals surface area contributed by atoms with Crippen molar-refractivity contribution in [3.05, 3.63) is 48.8 Å². The number of benzene rings is 1. The number of rotatable bonds is 2. The van der Waals surface area contributed by atoms with E-state index in [1.54, 1.807) is 12.1 Å². The molecule has 0 saturated carbocycles. The molecule has 0 atom stereocenters. The van der Waals surface area contributed by atoms with Gasteiger partial charge in [-0.25, -0.2) is 4.39 Å². The summed E-state index contributed by atoms with van der Waals surface area (Å²) in [5, 5.41) is 2.67. The first-order chi connectivity index (χ1) is 8.47. The van der Waals surface area contributed by atoms with Crippen LogP contribution in [0.25, 0.3) is 0 Å². The molecule has 18 heavy (non-hydrogen) atoms. The van der Waals surface area contributed by atoms with Gasteiger partial charge in [-0.2, -0.15) is 0 Å². The summed E-state index contributed by atoms with van der Waals surface area (Å²) in [5.41, 5.74) is 0.203. The maximum atomic E-state index is 13.0. The maximum absolute atomic E-state index is 13.0. The van der Waals surface area contributed by atoms with E-state index in [2.05, 4.69) is 21.2 Å². The van der Waals surface area contributed by atoms with Crippen molar-refractivity contribution in [2.75, 3.05) is 5.32 Å². The molecule has 7 heteroatoms. The zero-order valence-corrected chi connectivity index (χ0v) is 12.6. The first kappa shape index (κ1) is 13.8. The fourth-order valence-electron chi connectivity index (χ4n) is 1.27. The van der Waals surface area contributed by atoms with Gasteiger partial charge >= 0.3 is 0 Å². The van der Waals surface area contributed by atoms with Crippen LogP contribution >= 0.6 is 50.5 Å². The Balaban J connectivity index is 2.27. The molecule has 1 aromatic carbocycles. The Morgan fingerprint density at radius 2 is 1.89 bits per heavy atom. The monoisotopic (exact) mass is 367 g/mol. The fraction of sp³-hybridized carbons (Fsp3) is 0. The summed E-state index contributed by atoms with van der Waals surface area (Å²) in [4.78, 5) is 12.4. The molecular formula is C11H5BrCl2FNOS. The largest absolute Gasteiger partial charge is 0.319 e. The summed E-state index contributed by atoms with van der Waals surface area (Å²) in [7, 11) is 0. The molecule has 1 aromatic heterocycles. The highest BCUT2D eigenvalue weighted by molar-refractivity contribution is 9.11. The number of carbonyl (C=O) groups excluding carboxylic acids is 1. The van der Waals surface area contributed by atoms with Crippen LogP contribution in [0.1, 0.15) is 9.67 Å². The van der Waals surface area contributed by atoms with Gasteiger partial charge in [-0.15, -0.1) is 11.3 Å². The summed E-state index contributed by atoms with van der Waals surface area (Å²) in [6, 6.07) is 5.60. The van der Waals surface area contributed by atoms with Gasteiger partial charge < -0.3 is 5.32 Å². The summed E-state index contributed by atoms with van der Waals surface area (Å²) in [5.74, 6) is -0.900. The molecule has 0 bridgehead atoms. The molecule has 1 N–H and O–H groups in total. The van der Waals surface area contributed by atoms with Crippen LogP contribution in [-0.4, -0.2) is 5.91 Å². The Bertz CT molecular complexity index is 594. The van der Waals surface area contributed by atoms with Crippen molar-refractivity contribution in [2.24, 2.45) is 0 Å². The van der Waals surface area contributed by atoms with E-state index in [-0.39, 0.29) is 21.6 Å². The average molecular weight is 369 g/mol. The van der Waals surface area contributed by atoms with Crippen molar-refractivity contribution in [1.82, 2.24) is 0 Å². The molecule has 0 fully saturated rings. The minimum atomic E-state index is -0.554. The molecule has 94 valence electrons. The lowest BCUT2D eigenvalue weighted by molar-refractivity contribution is 0.103. The van der Waals surface area contributed by atoms with Gasteiger partial charge in [0.2, 0.25) is 0 Å². The molecule has 0 saturated heterocycles. The Morgan fingerprint density at radius 3 is 2.39 bits per heavy atom. The van der Waals surface area contributed by atoms with Crippen molar-refractivity contribution in [3.63, 3.8) is 0 Å². The van der Waals surface area contributed by atoms with Crippen LogP contribution in [0.4, 0.5) is 10.1 Å². The molecule has 2 aromatic rings. The lowest BCUT2D eigenvalue weighted by Crippen LogP contribution is -2.11. The quantitative estimate of drug-likeness (QED) is 0.774. The van der Waals surface area contributed by atoms with Crippen LogP contribution in [0.5, 0.6) is 0 Å². The second-order valence-electron chi connectivity index (χ2n) is 3.30. The van der Waals surface area contributed by atoms with Crippen LogP contribution in [0.3, 0.4) is 0 Å². The summed E-state index contributed by atoms with van der Waals surface area (Å²) in [6.45, 7) is 0. The molecule has 1 amide bonds. The third-order valence-electron chi connectivity index (χ3n) is 2.04.